The number of tetrazole rings is 1. The topological polar surface area (TPSA) is 127 Å². The van der Waals surface area contributed by atoms with Crippen LogP contribution < -0.4 is 5.32 Å². The highest BCUT2D eigenvalue weighted by atomic mass is 16.1. The van der Waals surface area contributed by atoms with E-state index in [9.17, 15) is 4.79 Å². The fourth-order valence-corrected chi connectivity index (χ4v) is 3.13. The van der Waals surface area contributed by atoms with Gasteiger partial charge in [-0.3, -0.25) is 9.78 Å². The molecule has 3 aromatic heterocycles. The number of nitrogens with zero attached hydrogens (tertiary/aromatic N) is 7. The van der Waals surface area contributed by atoms with Crippen LogP contribution in [-0.4, -0.2) is 46.3 Å². The third kappa shape index (κ3) is 4.47. The Labute approximate surface area is 179 Å². The van der Waals surface area contributed by atoms with E-state index in [0.717, 1.165) is 16.8 Å². The van der Waals surface area contributed by atoms with Crippen molar-refractivity contribution in [3.63, 3.8) is 0 Å². The molecule has 0 aliphatic carbocycles. The normalized spacial score (nSPS) is 11.1. The third-order valence-corrected chi connectivity index (χ3v) is 4.70. The number of hydrogen-bond acceptors (Lipinski definition) is 7. The Morgan fingerprint density at radius 3 is 2.65 bits per heavy atom. The summed E-state index contributed by atoms with van der Waals surface area (Å²) in [5, 5.41) is 22.8. The number of carbonyl (C=O) groups is 1. The SMILES string of the molecule is Cc1ccc(-c2cc(C(=O)NCc3nnc(C)[nH]3)cc(-n3nnnc3C(C)C)c2)nc1. The number of H-pyrrole nitrogens is 1. The van der Waals surface area contributed by atoms with E-state index in [2.05, 4.69) is 41.0 Å². The minimum absolute atomic E-state index is 0.114. The maximum absolute atomic E-state index is 12.9. The Kier molecular flexibility index (Phi) is 5.52. The van der Waals surface area contributed by atoms with Gasteiger partial charge in [-0.05, 0) is 54.1 Å². The molecule has 158 valence electrons. The van der Waals surface area contributed by atoms with Crippen molar-refractivity contribution in [3.05, 3.63) is 65.1 Å². The van der Waals surface area contributed by atoms with E-state index in [1.54, 1.807) is 23.9 Å². The number of nitrogens with one attached hydrogen (secondary N) is 2. The highest BCUT2D eigenvalue weighted by Gasteiger charge is 2.17. The quantitative estimate of drug-likeness (QED) is 0.493. The number of carbonyl (C=O) groups excluding carboxylic acids is 1. The lowest BCUT2D eigenvalue weighted by molar-refractivity contribution is 0.0950. The first kappa shape index (κ1) is 20.3. The maximum Gasteiger partial charge on any atom is 0.251 e. The van der Waals surface area contributed by atoms with Crippen molar-refractivity contribution in [2.24, 2.45) is 0 Å². The van der Waals surface area contributed by atoms with Gasteiger partial charge in [0, 0.05) is 23.2 Å². The number of pyridine rings is 1. The Bertz CT molecular complexity index is 1210. The van der Waals surface area contributed by atoms with Gasteiger partial charge in [-0.2, -0.15) is 4.68 Å². The molecule has 0 fully saturated rings. The van der Waals surface area contributed by atoms with E-state index in [4.69, 9.17) is 0 Å². The summed E-state index contributed by atoms with van der Waals surface area (Å²) >= 11 is 0. The Morgan fingerprint density at radius 2 is 1.97 bits per heavy atom. The molecule has 0 radical (unpaired) electrons. The van der Waals surface area contributed by atoms with Crippen molar-refractivity contribution in [2.45, 2.75) is 40.2 Å². The number of hydrogen-bond donors (Lipinski definition) is 2. The monoisotopic (exact) mass is 417 g/mol. The van der Waals surface area contributed by atoms with Gasteiger partial charge in [0.15, 0.2) is 5.82 Å². The summed E-state index contributed by atoms with van der Waals surface area (Å²) in [6.07, 6.45) is 1.80. The predicted molar refractivity (Wildman–Crippen MR) is 114 cm³/mol. The van der Waals surface area contributed by atoms with E-state index in [1.165, 1.54) is 0 Å². The van der Waals surface area contributed by atoms with Crippen molar-refractivity contribution in [3.8, 4) is 16.9 Å². The lowest BCUT2D eigenvalue weighted by Gasteiger charge is -2.12. The number of aryl methyl sites for hydroxylation is 2. The lowest BCUT2D eigenvalue weighted by Crippen LogP contribution is -2.23. The molecule has 0 bridgehead atoms. The van der Waals surface area contributed by atoms with Gasteiger partial charge in [0.1, 0.15) is 11.6 Å². The molecular weight excluding hydrogens is 394 g/mol. The Hall–Kier alpha value is -3.95. The summed E-state index contributed by atoms with van der Waals surface area (Å²) < 4.78 is 1.65. The van der Waals surface area contributed by atoms with Gasteiger partial charge < -0.3 is 10.3 Å². The van der Waals surface area contributed by atoms with Gasteiger partial charge >= 0.3 is 0 Å². The number of aromatic nitrogens is 8. The predicted octanol–water partition coefficient (Wildman–Crippen LogP) is 2.51. The molecule has 0 spiro atoms. The van der Waals surface area contributed by atoms with Crippen LogP contribution in [0.25, 0.3) is 16.9 Å². The summed E-state index contributed by atoms with van der Waals surface area (Å²) in [5.41, 5.74) is 3.77. The van der Waals surface area contributed by atoms with Crippen LogP contribution in [0, 0.1) is 13.8 Å². The summed E-state index contributed by atoms with van der Waals surface area (Å²) in [4.78, 5) is 20.5. The summed E-state index contributed by atoms with van der Waals surface area (Å²) in [6.45, 7) is 8.06. The summed E-state index contributed by atoms with van der Waals surface area (Å²) in [7, 11) is 0. The largest absolute Gasteiger partial charge is 0.345 e. The van der Waals surface area contributed by atoms with Gasteiger partial charge in [0.2, 0.25) is 0 Å². The highest BCUT2D eigenvalue weighted by molar-refractivity contribution is 5.96. The fraction of sp³-hybridized carbons (Fsp3) is 0.286. The molecule has 0 aliphatic heterocycles. The molecule has 10 heteroatoms. The molecule has 1 aromatic carbocycles. The molecule has 0 aliphatic rings. The highest BCUT2D eigenvalue weighted by Crippen LogP contribution is 2.24. The molecule has 3 heterocycles. The fourth-order valence-electron chi connectivity index (χ4n) is 3.13. The van der Waals surface area contributed by atoms with Crippen LogP contribution in [0.1, 0.15) is 53.2 Å². The van der Waals surface area contributed by atoms with Crippen LogP contribution in [0.5, 0.6) is 0 Å². The number of rotatable bonds is 6. The van der Waals surface area contributed by atoms with E-state index in [1.807, 2.05) is 45.0 Å². The van der Waals surface area contributed by atoms with Crippen LogP contribution >= 0.6 is 0 Å². The second kappa shape index (κ2) is 8.42. The second-order valence-corrected chi connectivity index (χ2v) is 7.63. The average Bonchev–Trinajstić information content (AvgIpc) is 3.41. The smallest absolute Gasteiger partial charge is 0.251 e. The molecular formula is C21H23N9O. The van der Waals surface area contributed by atoms with E-state index < -0.39 is 0 Å². The standard InChI is InChI=1S/C21H23N9O/c1-12(2)20-27-28-29-30(20)17-8-15(18-6-5-13(3)10-22-18)7-16(9-17)21(31)23-11-19-24-14(4)25-26-19/h5-10,12H,11H2,1-4H3,(H,23,31)(H,24,25,26). The first-order valence-corrected chi connectivity index (χ1v) is 9.94. The van der Waals surface area contributed by atoms with Gasteiger partial charge in [-0.15, -0.1) is 15.3 Å². The van der Waals surface area contributed by atoms with Crippen LogP contribution in [0.2, 0.25) is 0 Å². The molecule has 31 heavy (non-hydrogen) atoms. The van der Waals surface area contributed by atoms with Crippen LogP contribution in [0.3, 0.4) is 0 Å². The first-order valence-electron chi connectivity index (χ1n) is 9.94. The van der Waals surface area contributed by atoms with Crippen molar-refractivity contribution < 1.29 is 4.79 Å². The summed E-state index contributed by atoms with van der Waals surface area (Å²) in [5.74, 6) is 1.85. The van der Waals surface area contributed by atoms with Gasteiger partial charge in [0.25, 0.3) is 5.91 Å². The molecule has 0 saturated carbocycles. The van der Waals surface area contributed by atoms with Crippen molar-refractivity contribution in [1.29, 1.82) is 0 Å². The van der Waals surface area contributed by atoms with E-state index >= 15 is 0 Å². The molecule has 10 nitrogen and oxygen atoms in total. The zero-order valence-corrected chi connectivity index (χ0v) is 17.8. The minimum atomic E-state index is -0.247. The number of benzene rings is 1. The molecule has 1 amide bonds. The minimum Gasteiger partial charge on any atom is -0.345 e. The van der Waals surface area contributed by atoms with Crippen LogP contribution in [0.4, 0.5) is 0 Å². The zero-order valence-electron chi connectivity index (χ0n) is 17.8. The number of amides is 1. The van der Waals surface area contributed by atoms with E-state index in [0.29, 0.717) is 28.7 Å². The summed E-state index contributed by atoms with van der Waals surface area (Å²) in [6, 6.07) is 9.41. The van der Waals surface area contributed by atoms with Gasteiger partial charge in [-0.1, -0.05) is 19.9 Å². The van der Waals surface area contributed by atoms with Crippen molar-refractivity contribution >= 4 is 5.91 Å². The van der Waals surface area contributed by atoms with Crippen molar-refractivity contribution in [1.82, 2.24) is 45.7 Å². The lowest BCUT2D eigenvalue weighted by atomic mass is 10.0. The van der Waals surface area contributed by atoms with Crippen LogP contribution in [0.15, 0.2) is 36.5 Å². The van der Waals surface area contributed by atoms with Crippen molar-refractivity contribution in [2.75, 3.05) is 0 Å². The molecule has 0 saturated heterocycles. The zero-order chi connectivity index (χ0) is 22.0. The van der Waals surface area contributed by atoms with E-state index in [-0.39, 0.29) is 18.4 Å². The first-order chi connectivity index (χ1) is 14.9. The Balaban J connectivity index is 1.72. The molecule has 4 rings (SSSR count). The Morgan fingerprint density at radius 1 is 1.13 bits per heavy atom. The van der Waals surface area contributed by atoms with Gasteiger partial charge in [0.05, 0.1) is 17.9 Å². The van der Waals surface area contributed by atoms with Gasteiger partial charge in [-0.25, -0.2) is 0 Å². The molecule has 4 aromatic rings. The third-order valence-electron chi connectivity index (χ3n) is 4.70. The molecule has 0 unspecified atom stereocenters. The van der Waals surface area contributed by atoms with Crippen LogP contribution in [-0.2, 0) is 6.54 Å². The maximum atomic E-state index is 12.9. The molecule has 0 atom stereocenters. The molecule has 2 N–H and O–H groups in total. The second-order valence-electron chi connectivity index (χ2n) is 7.63. The number of aromatic amines is 1. The average molecular weight is 417 g/mol.